The number of H-pyrrole nitrogens is 1. The Bertz CT molecular complexity index is 654. The van der Waals surface area contributed by atoms with Crippen LogP contribution in [0.5, 0.6) is 5.75 Å². The van der Waals surface area contributed by atoms with Crippen LogP contribution >= 0.6 is 0 Å². The highest BCUT2D eigenvalue weighted by Crippen LogP contribution is 2.34. The van der Waals surface area contributed by atoms with E-state index >= 15 is 0 Å². The smallest absolute Gasteiger partial charge is 0.273 e. The van der Waals surface area contributed by atoms with Gasteiger partial charge in [0.05, 0.1) is 23.6 Å². The fourth-order valence-electron chi connectivity index (χ4n) is 1.66. The lowest BCUT2D eigenvalue weighted by Gasteiger charge is -2.01. The molecule has 0 amide bonds. The Morgan fingerprint density at radius 2 is 2.29 bits per heavy atom. The van der Waals surface area contributed by atoms with Gasteiger partial charge in [0.25, 0.3) is 5.69 Å². The van der Waals surface area contributed by atoms with Gasteiger partial charge in [0.2, 0.25) is 0 Å². The van der Waals surface area contributed by atoms with Crippen LogP contribution in [-0.4, -0.2) is 17.0 Å². The van der Waals surface area contributed by atoms with Gasteiger partial charge in [-0.2, -0.15) is 5.26 Å². The maximum atomic E-state index is 10.7. The van der Waals surface area contributed by atoms with Gasteiger partial charge in [-0.25, -0.2) is 0 Å². The summed E-state index contributed by atoms with van der Waals surface area (Å²) in [6.07, 6.45) is 0. The molecule has 2 aromatic rings. The minimum atomic E-state index is -0.549. The van der Waals surface area contributed by atoms with Crippen LogP contribution in [0.4, 0.5) is 11.5 Å². The Kier molecular flexibility index (Phi) is 2.33. The van der Waals surface area contributed by atoms with E-state index in [9.17, 15) is 10.1 Å². The molecule has 17 heavy (non-hydrogen) atoms. The number of hydrogen-bond donors (Lipinski definition) is 2. The average molecular weight is 232 g/mol. The molecule has 0 unspecified atom stereocenters. The molecule has 0 bridgehead atoms. The first kappa shape index (κ1) is 10.8. The highest BCUT2D eigenvalue weighted by molar-refractivity contribution is 5.96. The number of nitrogens with two attached hydrogens (primary N) is 1. The Hall–Kier alpha value is -2.75. The second-order valence-corrected chi connectivity index (χ2v) is 3.35. The van der Waals surface area contributed by atoms with Crippen molar-refractivity contribution >= 4 is 22.4 Å². The number of nitriles is 1. The first-order chi connectivity index (χ1) is 8.08. The number of ether oxygens (including phenoxy) is 1. The lowest BCUT2D eigenvalue weighted by Crippen LogP contribution is -1.91. The van der Waals surface area contributed by atoms with Crippen LogP contribution in [0.15, 0.2) is 12.1 Å². The van der Waals surface area contributed by atoms with Crippen molar-refractivity contribution in [3.63, 3.8) is 0 Å². The highest BCUT2D eigenvalue weighted by Gasteiger charge is 2.18. The normalized spacial score (nSPS) is 10.1. The summed E-state index contributed by atoms with van der Waals surface area (Å²) in [6.45, 7) is 0. The van der Waals surface area contributed by atoms with Gasteiger partial charge < -0.3 is 15.5 Å². The molecule has 0 aliphatic heterocycles. The summed E-state index contributed by atoms with van der Waals surface area (Å²) < 4.78 is 5.03. The van der Waals surface area contributed by atoms with Crippen LogP contribution in [0, 0.1) is 21.4 Å². The van der Waals surface area contributed by atoms with Crippen LogP contribution in [0.3, 0.4) is 0 Å². The maximum absolute atomic E-state index is 10.7. The number of non-ortho nitro benzene ring substituents is 1. The largest absolute Gasteiger partial charge is 0.494 e. The van der Waals surface area contributed by atoms with Crippen molar-refractivity contribution in [1.29, 1.82) is 5.26 Å². The quantitative estimate of drug-likeness (QED) is 0.601. The number of nitro groups is 1. The van der Waals surface area contributed by atoms with Crippen LogP contribution < -0.4 is 10.5 Å². The number of methoxy groups -OCH3 is 1. The highest BCUT2D eigenvalue weighted by atomic mass is 16.6. The molecular formula is C10H8N4O3. The number of nitrogen functional groups attached to an aromatic ring is 1. The summed E-state index contributed by atoms with van der Waals surface area (Å²) in [7, 11) is 1.39. The van der Waals surface area contributed by atoms with Gasteiger partial charge in [-0.15, -0.1) is 0 Å². The maximum Gasteiger partial charge on any atom is 0.273 e. The molecule has 0 aliphatic rings. The fraction of sp³-hybridized carbons (Fsp3) is 0.100. The van der Waals surface area contributed by atoms with Crippen molar-refractivity contribution in [2.75, 3.05) is 12.8 Å². The van der Waals surface area contributed by atoms with Gasteiger partial charge >= 0.3 is 0 Å². The number of anilines is 1. The third-order valence-corrected chi connectivity index (χ3v) is 2.43. The molecule has 2 rings (SSSR count). The zero-order valence-corrected chi connectivity index (χ0v) is 8.85. The van der Waals surface area contributed by atoms with Crippen molar-refractivity contribution in [2.45, 2.75) is 0 Å². The molecule has 1 aromatic carbocycles. The SMILES string of the molecule is COc1cc([N+](=O)[O-])cc2c(C#N)c(N)[nH]c12. The summed E-state index contributed by atoms with van der Waals surface area (Å²) in [5.41, 5.74) is 6.12. The average Bonchev–Trinajstić information content (AvgIpc) is 2.62. The first-order valence-electron chi connectivity index (χ1n) is 4.62. The molecule has 0 atom stereocenters. The minimum absolute atomic E-state index is 0.148. The van der Waals surface area contributed by atoms with Gasteiger partial charge in [0, 0.05) is 11.5 Å². The zero-order chi connectivity index (χ0) is 12.6. The predicted molar refractivity (Wildman–Crippen MR) is 60.6 cm³/mol. The van der Waals surface area contributed by atoms with E-state index in [1.807, 2.05) is 6.07 Å². The summed E-state index contributed by atoms with van der Waals surface area (Å²) in [5.74, 6) is 0.448. The monoisotopic (exact) mass is 232 g/mol. The first-order valence-corrected chi connectivity index (χ1v) is 4.62. The number of aromatic nitrogens is 1. The molecule has 0 fully saturated rings. The Labute approximate surface area is 95.6 Å². The number of hydrogen-bond acceptors (Lipinski definition) is 5. The molecule has 7 heteroatoms. The Morgan fingerprint density at radius 3 is 2.82 bits per heavy atom. The predicted octanol–water partition coefficient (Wildman–Crippen LogP) is 1.54. The van der Waals surface area contributed by atoms with E-state index in [2.05, 4.69) is 4.98 Å². The molecule has 3 N–H and O–H groups in total. The molecule has 0 radical (unpaired) electrons. The van der Waals surface area contributed by atoms with E-state index in [4.69, 9.17) is 15.7 Å². The van der Waals surface area contributed by atoms with E-state index in [1.54, 1.807) is 0 Å². The van der Waals surface area contributed by atoms with Gasteiger partial charge in [-0.05, 0) is 0 Å². The second-order valence-electron chi connectivity index (χ2n) is 3.35. The van der Waals surface area contributed by atoms with Gasteiger partial charge in [-0.3, -0.25) is 10.1 Å². The van der Waals surface area contributed by atoms with Crippen molar-refractivity contribution in [2.24, 2.45) is 0 Å². The number of nitro benzene ring substituents is 1. The number of nitrogens with zero attached hydrogens (tertiary/aromatic N) is 2. The molecule has 86 valence electrons. The number of benzene rings is 1. The number of aromatic amines is 1. The number of rotatable bonds is 2. The van der Waals surface area contributed by atoms with Gasteiger partial charge in [0.1, 0.15) is 23.2 Å². The molecule has 0 saturated carbocycles. The molecular weight excluding hydrogens is 224 g/mol. The fourth-order valence-corrected chi connectivity index (χ4v) is 1.66. The third kappa shape index (κ3) is 1.52. The molecule has 1 heterocycles. The summed E-state index contributed by atoms with van der Waals surface area (Å²) in [4.78, 5) is 13.0. The summed E-state index contributed by atoms with van der Waals surface area (Å²) in [6, 6.07) is 4.47. The minimum Gasteiger partial charge on any atom is -0.494 e. The zero-order valence-electron chi connectivity index (χ0n) is 8.85. The van der Waals surface area contributed by atoms with Crippen molar-refractivity contribution in [1.82, 2.24) is 4.98 Å². The van der Waals surface area contributed by atoms with E-state index in [-0.39, 0.29) is 22.8 Å². The van der Waals surface area contributed by atoms with E-state index in [0.29, 0.717) is 10.9 Å². The van der Waals surface area contributed by atoms with E-state index in [0.717, 1.165) is 0 Å². The summed E-state index contributed by atoms with van der Waals surface area (Å²) >= 11 is 0. The molecule has 1 aromatic heterocycles. The molecule has 7 nitrogen and oxygen atoms in total. The van der Waals surface area contributed by atoms with Crippen LogP contribution in [0.1, 0.15) is 5.56 Å². The van der Waals surface area contributed by atoms with Gasteiger partial charge in [-0.1, -0.05) is 0 Å². The Balaban J connectivity index is 2.89. The van der Waals surface area contributed by atoms with Gasteiger partial charge in [0.15, 0.2) is 0 Å². The third-order valence-electron chi connectivity index (χ3n) is 2.43. The molecule has 0 aliphatic carbocycles. The van der Waals surface area contributed by atoms with E-state index in [1.165, 1.54) is 19.2 Å². The van der Waals surface area contributed by atoms with Crippen LogP contribution in [0.25, 0.3) is 10.9 Å². The topological polar surface area (TPSA) is 118 Å². The van der Waals surface area contributed by atoms with E-state index < -0.39 is 4.92 Å². The summed E-state index contributed by atoms with van der Waals surface area (Å²) in [5, 5.41) is 20.1. The lowest BCUT2D eigenvalue weighted by atomic mass is 10.1. The second kappa shape index (κ2) is 3.68. The van der Waals surface area contributed by atoms with Crippen molar-refractivity contribution in [3.05, 3.63) is 27.8 Å². The molecule has 0 spiro atoms. The number of nitrogens with one attached hydrogen (secondary N) is 1. The number of fused-ring (bicyclic) bond motifs is 1. The van der Waals surface area contributed by atoms with Crippen molar-refractivity contribution < 1.29 is 9.66 Å². The standard InChI is InChI=1S/C10H8N4O3/c1-17-8-3-5(14(15)16)2-6-7(4-11)10(12)13-9(6)8/h2-3,13H,12H2,1H3. The van der Waals surface area contributed by atoms with Crippen LogP contribution in [-0.2, 0) is 0 Å². The van der Waals surface area contributed by atoms with Crippen molar-refractivity contribution in [3.8, 4) is 11.8 Å². The Morgan fingerprint density at radius 1 is 1.59 bits per heavy atom. The lowest BCUT2D eigenvalue weighted by molar-refractivity contribution is -0.384. The van der Waals surface area contributed by atoms with Crippen LogP contribution in [0.2, 0.25) is 0 Å². The molecule has 0 saturated heterocycles.